The Balaban J connectivity index is 2.43. The maximum atomic E-state index is 11.7. The predicted molar refractivity (Wildman–Crippen MR) is 53.2 cm³/mol. The second-order valence-corrected chi connectivity index (χ2v) is 3.64. The number of para-hydroxylation sites is 1. The van der Waals surface area contributed by atoms with Crippen LogP contribution in [0, 0.1) is 0 Å². The molecule has 1 unspecified atom stereocenters. The summed E-state index contributed by atoms with van der Waals surface area (Å²) in [6.45, 7) is 3.86. The summed E-state index contributed by atoms with van der Waals surface area (Å²) in [4.78, 5) is 11.7. The average molecular weight is 191 g/mol. The van der Waals surface area contributed by atoms with Gasteiger partial charge in [-0.25, -0.2) is 0 Å². The zero-order valence-electron chi connectivity index (χ0n) is 8.33. The van der Waals surface area contributed by atoms with Crippen LogP contribution in [-0.4, -0.2) is 11.6 Å². The third-order valence-corrected chi connectivity index (χ3v) is 2.52. The van der Waals surface area contributed by atoms with E-state index >= 15 is 0 Å². The molecular weight excluding hydrogens is 178 g/mol. The van der Waals surface area contributed by atoms with Gasteiger partial charge in [0.2, 0.25) is 0 Å². The summed E-state index contributed by atoms with van der Waals surface area (Å²) in [6.07, 6.45) is 0.743. The largest absolute Gasteiger partial charge is 0.468 e. The fourth-order valence-electron chi connectivity index (χ4n) is 1.48. The molecule has 3 heteroatoms. The average Bonchev–Trinajstić information content (AvgIpc) is 2.18. The molecule has 0 bridgehead atoms. The highest BCUT2D eigenvalue weighted by Crippen LogP contribution is 2.28. The van der Waals surface area contributed by atoms with Crippen LogP contribution in [0.25, 0.3) is 0 Å². The smallest absolute Gasteiger partial charge is 0.258 e. The van der Waals surface area contributed by atoms with Gasteiger partial charge in [-0.05, 0) is 19.1 Å². The standard InChI is InChI=1S/C11H13NO2/c1-3-11(2)12-10(13)8-6-4-5-7-9(8)14-11/h4-7H,3H2,1-2H3,(H,12,13). The van der Waals surface area contributed by atoms with E-state index in [1.54, 1.807) is 6.07 Å². The van der Waals surface area contributed by atoms with Gasteiger partial charge in [0.05, 0.1) is 5.56 Å². The van der Waals surface area contributed by atoms with Crippen LogP contribution in [0.1, 0.15) is 30.6 Å². The first-order valence-corrected chi connectivity index (χ1v) is 4.75. The number of hydrogen-bond acceptors (Lipinski definition) is 2. The second kappa shape index (κ2) is 3.01. The predicted octanol–water partition coefficient (Wildman–Crippen LogP) is 1.93. The first-order chi connectivity index (χ1) is 6.64. The second-order valence-electron chi connectivity index (χ2n) is 3.64. The Morgan fingerprint density at radius 1 is 1.43 bits per heavy atom. The van der Waals surface area contributed by atoms with Crippen molar-refractivity contribution in [1.29, 1.82) is 0 Å². The molecule has 1 heterocycles. The van der Waals surface area contributed by atoms with E-state index in [4.69, 9.17) is 4.74 Å². The van der Waals surface area contributed by atoms with Crippen molar-refractivity contribution in [2.24, 2.45) is 0 Å². The lowest BCUT2D eigenvalue weighted by Gasteiger charge is -2.35. The van der Waals surface area contributed by atoms with Crippen LogP contribution in [0.2, 0.25) is 0 Å². The maximum absolute atomic E-state index is 11.7. The van der Waals surface area contributed by atoms with Crippen molar-refractivity contribution in [3.63, 3.8) is 0 Å². The number of benzene rings is 1. The van der Waals surface area contributed by atoms with Gasteiger partial charge in [-0.1, -0.05) is 19.1 Å². The van der Waals surface area contributed by atoms with E-state index < -0.39 is 5.72 Å². The van der Waals surface area contributed by atoms with E-state index in [0.29, 0.717) is 11.3 Å². The number of fused-ring (bicyclic) bond motifs is 1. The number of ether oxygens (including phenoxy) is 1. The van der Waals surface area contributed by atoms with Crippen LogP contribution in [0.3, 0.4) is 0 Å². The molecule has 0 radical (unpaired) electrons. The van der Waals surface area contributed by atoms with Crippen LogP contribution in [0.4, 0.5) is 0 Å². The molecule has 0 saturated heterocycles. The molecule has 0 aliphatic carbocycles. The zero-order chi connectivity index (χ0) is 10.2. The van der Waals surface area contributed by atoms with Gasteiger partial charge in [0.1, 0.15) is 5.75 Å². The molecule has 0 fully saturated rings. The van der Waals surface area contributed by atoms with Gasteiger partial charge < -0.3 is 10.1 Å². The lowest BCUT2D eigenvalue weighted by atomic mass is 10.1. The molecule has 1 aliphatic rings. The van der Waals surface area contributed by atoms with E-state index in [-0.39, 0.29) is 5.91 Å². The minimum Gasteiger partial charge on any atom is -0.468 e. The molecule has 1 N–H and O–H groups in total. The van der Waals surface area contributed by atoms with Gasteiger partial charge >= 0.3 is 0 Å². The van der Waals surface area contributed by atoms with Crippen molar-refractivity contribution < 1.29 is 9.53 Å². The first-order valence-electron chi connectivity index (χ1n) is 4.75. The van der Waals surface area contributed by atoms with Crippen molar-refractivity contribution in [3.05, 3.63) is 29.8 Å². The Bertz CT molecular complexity index is 375. The highest BCUT2D eigenvalue weighted by atomic mass is 16.5. The van der Waals surface area contributed by atoms with Crippen molar-refractivity contribution >= 4 is 5.91 Å². The molecule has 1 aromatic carbocycles. The quantitative estimate of drug-likeness (QED) is 0.736. The monoisotopic (exact) mass is 191 g/mol. The summed E-state index contributed by atoms with van der Waals surface area (Å²) in [6, 6.07) is 7.28. The summed E-state index contributed by atoms with van der Waals surface area (Å²) in [5.74, 6) is 0.608. The molecule has 0 spiro atoms. The van der Waals surface area contributed by atoms with E-state index in [1.807, 2.05) is 32.0 Å². The highest BCUT2D eigenvalue weighted by molar-refractivity contribution is 5.98. The zero-order valence-corrected chi connectivity index (χ0v) is 8.33. The first kappa shape index (κ1) is 9.06. The van der Waals surface area contributed by atoms with E-state index in [2.05, 4.69) is 5.32 Å². The molecule has 74 valence electrons. The Kier molecular flexibility index (Phi) is 1.95. The number of amides is 1. The van der Waals surface area contributed by atoms with Gasteiger partial charge in [0, 0.05) is 6.42 Å². The Labute approximate surface area is 83.1 Å². The Morgan fingerprint density at radius 2 is 2.14 bits per heavy atom. The van der Waals surface area contributed by atoms with Gasteiger partial charge in [-0.2, -0.15) is 0 Å². The van der Waals surface area contributed by atoms with Crippen LogP contribution in [-0.2, 0) is 0 Å². The van der Waals surface area contributed by atoms with Gasteiger partial charge in [0.25, 0.3) is 5.91 Å². The lowest BCUT2D eigenvalue weighted by Crippen LogP contribution is -2.53. The maximum Gasteiger partial charge on any atom is 0.258 e. The van der Waals surface area contributed by atoms with E-state index in [1.165, 1.54) is 0 Å². The van der Waals surface area contributed by atoms with Crippen molar-refractivity contribution in [3.8, 4) is 5.75 Å². The van der Waals surface area contributed by atoms with Crippen molar-refractivity contribution in [1.82, 2.24) is 5.32 Å². The molecule has 3 nitrogen and oxygen atoms in total. The fourth-order valence-corrected chi connectivity index (χ4v) is 1.48. The van der Waals surface area contributed by atoms with Crippen LogP contribution in [0.15, 0.2) is 24.3 Å². The molecule has 1 aromatic rings. The topological polar surface area (TPSA) is 38.3 Å². The SMILES string of the molecule is CCC1(C)NC(=O)c2ccccc2O1. The lowest BCUT2D eigenvalue weighted by molar-refractivity contribution is 0.0290. The van der Waals surface area contributed by atoms with Crippen molar-refractivity contribution in [2.45, 2.75) is 26.0 Å². The molecule has 1 aliphatic heterocycles. The Morgan fingerprint density at radius 3 is 2.86 bits per heavy atom. The van der Waals surface area contributed by atoms with E-state index in [0.717, 1.165) is 6.42 Å². The molecule has 0 saturated carbocycles. The molecule has 1 amide bonds. The van der Waals surface area contributed by atoms with Gasteiger partial charge in [0.15, 0.2) is 5.72 Å². The summed E-state index contributed by atoms with van der Waals surface area (Å²) in [7, 11) is 0. The normalized spacial score (nSPS) is 24.9. The minimum absolute atomic E-state index is 0.0591. The third kappa shape index (κ3) is 1.35. The minimum atomic E-state index is -0.564. The summed E-state index contributed by atoms with van der Waals surface area (Å²) in [5.41, 5.74) is 0.0456. The van der Waals surface area contributed by atoms with Crippen LogP contribution < -0.4 is 10.1 Å². The van der Waals surface area contributed by atoms with Crippen LogP contribution in [0.5, 0.6) is 5.75 Å². The number of hydrogen-bond donors (Lipinski definition) is 1. The van der Waals surface area contributed by atoms with Crippen LogP contribution >= 0.6 is 0 Å². The Hall–Kier alpha value is -1.51. The number of nitrogens with one attached hydrogen (secondary N) is 1. The molecular formula is C11H13NO2. The molecule has 2 rings (SSSR count). The summed E-state index contributed by atoms with van der Waals surface area (Å²) >= 11 is 0. The van der Waals surface area contributed by atoms with E-state index in [9.17, 15) is 4.79 Å². The number of carbonyl (C=O) groups excluding carboxylic acids is 1. The van der Waals surface area contributed by atoms with Gasteiger partial charge in [-0.15, -0.1) is 0 Å². The van der Waals surface area contributed by atoms with Gasteiger partial charge in [-0.3, -0.25) is 4.79 Å². The molecule has 14 heavy (non-hydrogen) atoms. The fraction of sp³-hybridized carbons (Fsp3) is 0.364. The summed E-state index contributed by atoms with van der Waals surface area (Å²) < 4.78 is 5.71. The third-order valence-electron chi connectivity index (χ3n) is 2.52. The molecule has 1 atom stereocenters. The summed E-state index contributed by atoms with van der Waals surface area (Å²) in [5, 5.41) is 2.84. The highest BCUT2D eigenvalue weighted by Gasteiger charge is 2.33. The van der Waals surface area contributed by atoms with Crippen molar-refractivity contribution in [2.75, 3.05) is 0 Å². The molecule has 0 aromatic heterocycles. The number of rotatable bonds is 1. The number of carbonyl (C=O) groups is 1.